The first-order chi connectivity index (χ1) is 7.57. The van der Waals surface area contributed by atoms with Crippen molar-refractivity contribution in [1.82, 2.24) is 4.90 Å². The van der Waals surface area contributed by atoms with Crippen molar-refractivity contribution in [3.8, 4) is 0 Å². The van der Waals surface area contributed by atoms with Gasteiger partial charge >= 0.3 is 0 Å². The molecule has 2 nitrogen and oxygen atoms in total. The van der Waals surface area contributed by atoms with E-state index in [-0.39, 0.29) is 0 Å². The molecule has 1 aliphatic carbocycles. The largest absolute Gasteiger partial charge is 0.328 e. The van der Waals surface area contributed by atoms with Crippen LogP contribution in [-0.4, -0.2) is 36.2 Å². The minimum atomic E-state index is -0.909. The molecule has 1 aliphatic heterocycles. The van der Waals surface area contributed by atoms with Gasteiger partial charge in [0.2, 0.25) is 0 Å². The summed E-state index contributed by atoms with van der Waals surface area (Å²) in [6.45, 7) is 4.86. The summed E-state index contributed by atoms with van der Waals surface area (Å²) in [6.07, 6.45) is 5.71. The Hall–Kier alpha value is -0.150. The Morgan fingerprint density at radius 3 is 2.31 bits per heavy atom. The predicted molar refractivity (Wildman–Crippen MR) is 65.1 cm³/mol. The number of alkyl halides is 1. The summed E-state index contributed by atoms with van der Waals surface area (Å²) in [7, 11) is 0. The van der Waals surface area contributed by atoms with Gasteiger partial charge in [-0.15, -0.1) is 0 Å². The lowest BCUT2D eigenvalue weighted by Crippen LogP contribution is -2.47. The van der Waals surface area contributed by atoms with E-state index >= 15 is 0 Å². The van der Waals surface area contributed by atoms with E-state index in [4.69, 9.17) is 5.73 Å². The normalized spacial score (nSPS) is 38.8. The molecule has 2 N–H and O–H groups in total. The Labute approximate surface area is 98.4 Å². The third-order valence-corrected chi connectivity index (χ3v) is 4.31. The Kier molecular flexibility index (Phi) is 3.85. The van der Waals surface area contributed by atoms with E-state index in [1.54, 1.807) is 0 Å². The lowest BCUT2D eigenvalue weighted by atomic mass is 9.80. The molecule has 0 aromatic heterocycles. The third kappa shape index (κ3) is 3.17. The van der Waals surface area contributed by atoms with Gasteiger partial charge < -0.3 is 10.6 Å². The van der Waals surface area contributed by atoms with Crippen LogP contribution in [0.4, 0.5) is 4.39 Å². The molecule has 2 rings (SSSR count). The molecule has 0 radical (unpaired) electrons. The highest BCUT2D eigenvalue weighted by Gasteiger charge is 2.36. The first kappa shape index (κ1) is 12.3. The zero-order valence-electron chi connectivity index (χ0n) is 10.4. The van der Waals surface area contributed by atoms with E-state index in [1.807, 2.05) is 0 Å². The second-order valence-corrected chi connectivity index (χ2v) is 5.95. The van der Waals surface area contributed by atoms with Crippen molar-refractivity contribution in [2.24, 2.45) is 11.7 Å². The molecule has 0 aromatic carbocycles. The standard InChI is InChI=1S/C13H25FN2/c1-11-2-6-13(14,7-3-11)10-16-8-4-12(15)5-9-16/h11-12H,2-10,15H2,1H3. The van der Waals surface area contributed by atoms with Crippen molar-refractivity contribution in [1.29, 1.82) is 0 Å². The number of nitrogens with two attached hydrogens (primary N) is 1. The van der Waals surface area contributed by atoms with E-state index in [1.165, 1.54) is 0 Å². The monoisotopic (exact) mass is 228 g/mol. The van der Waals surface area contributed by atoms with Gasteiger partial charge in [-0.3, -0.25) is 0 Å². The van der Waals surface area contributed by atoms with Crippen LogP contribution in [0.25, 0.3) is 0 Å². The van der Waals surface area contributed by atoms with Crippen LogP contribution in [0.15, 0.2) is 0 Å². The molecule has 1 saturated carbocycles. The fraction of sp³-hybridized carbons (Fsp3) is 1.00. The fourth-order valence-electron chi connectivity index (χ4n) is 2.95. The van der Waals surface area contributed by atoms with Crippen LogP contribution in [-0.2, 0) is 0 Å². The second kappa shape index (κ2) is 5.01. The minimum Gasteiger partial charge on any atom is -0.328 e. The van der Waals surface area contributed by atoms with Crippen molar-refractivity contribution in [2.45, 2.75) is 57.2 Å². The smallest absolute Gasteiger partial charge is 0.123 e. The lowest BCUT2D eigenvalue weighted by Gasteiger charge is -2.39. The Morgan fingerprint density at radius 1 is 1.19 bits per heavy atom. The van der Waals surface area contributed by atoms with Gasteiger partial charge in [-0.1, -0.05) is 6.92 Å². The summed E-state index contributed by atoms with van der Waals surface area (Å²) in [4.78, 5) is 2.28. The minimum absolute atomic E-state index is 0.346. The maximum Gasteiger partial charge on any atom is 0.123 e. The average Bonchev–Trinajstić information content (AvgIpc) is 2.27. The van der Waals surface area contributed by atoms with Crippen LogP contribution in [0.5, 0.6) is 0 Å². The molecular formula is C13H25FN2. The molecule has 0 spiro atoms. The summed E-state index contributed by atoms with van der Waals surface area (Å²) in [5.41, 5.74) is 4.95. The molecule has 1 heterocycles. The SMILES string of the molecule is CC1CCC(F)(CN2CCC(N)CC2)CC1. The number of rotatable bonds is 2. The van der Waals surface area contributed by atoms with Crippen LogP contribution in [0.1, 0.15) is 45.4 Å². The van der Waals surface area contributed by atoms with Gasteiger partial charge in [-0.25, -0.2) is 4.39 Å². The molecule has 0 amide bonds. The van der Waals surface area contributed by atoms with Gasteiger partial charge in [0.15, 0.2) is 0 Å². The molecular weight excluding hydrogens is 203 g/mol. The Morgan fingerprint density at radius 2 is 1.75 bits per heavy atom. The van der Waals surface area contributed by atoms with Crippen LogP contribution in [0, 0.1) is 5.92 Å². The molecule has 0 aromatic rings. The van der Waals surface area contributed by atoms with E-state index in [0.29, 0.717) is 12.6 Å². The van der Waals surface area contributed by atoms with Crippen LogP contribution >= 0.6 is 0 Å². The molecule has 0 unspecified atom stereocenters. The van der Waals surface area contributed by atoms with E-state index in [2.05, 4.69) is 11.8 Å². The molecule has 16 heavy (non-hydrogen) atoms. The number of piperidine rings is 1. The number of nitrogens with zero attached hydrogens (tertiary/aromatic N) is 1. The quantitative estimate of drug-likeness (QED) is 0.786. The molecule has 0 bridgehead atoms. The van der Waals surface area contributed by atoms with Crippen molar-refractivity contribution >= 4 is 0 Å². The van der Waals surface area contributed by atoms with E-state index < -0.39 is 5.67 Å². The maximum absolute atomic E-state index is 14.6. The second-order valence-electron chi connectivity index (χ2n) is 5.95. The predicted octanol–water partition coefficient (Wildman–Crippen LogP) is 2.33. The summed E-state index contributed by atoms with van der Waals surface area (Å²) >= 11 is 0. The third-order valence-electron chi connectivity index (χ3n) is 4.31. The highest BCUT2D eigenvalue weighted by atomic mass is 19.1. The van der Waals surface area contributed by atoms with Crippen LogP contribution < -0.4 is 5.73 Å². The Balaban J connectivity index is 1.80. The van der Waals surface area contributed by atoms with Crippen molar-refractivity contribution in [3.05, 3.63) is 0 Å². The Bertz CT molecular complexity index is 216. The first-order valence-electron chi connectivity index (χ1n) is 6.74. The van der Waals surface area contributed by atoms with Gasteiger partial charge in [-0.2, -0.15) is 0 Å². The van der Waals surface area contributed by atoms with Gasteiger partial charge in [-0.05, 0) is 57.5 Å². The summed E-state index contributed by atoms with van der Waals surface area (Å²) < 4.78 is 14.6. The number of likely N-dealkylation sites (tertiary alicyclic amines) is 1. The summed E-state index contributed by atoms with van der Waals surface area (Å²) in [5, 5.41) is 0. The highest BCUT2D eigenvalue weighted by Crippen LogP contribution is 2.35. The number of hydrogen-bond donors (Lipinski definition) is 1. The van der Waals surface area contributed by atoms with Crippen molar-refractivity contribution < 1.29 is 4.39 Å². The van der Waals surface area contributed by atoms with E-state index in [9.17, 15) is 4.39 Å². The molecule has 0 atom stereocenters. The van der Waals surface area contributed by atoms with Gasteiger partial charge in [0.05, 0.1) is 0 Å². The number of halogens is 1. The summed E-state index contributed by atoms with van der Waals surface area (Å²) in [5.74, 6) is 0.721. The van der Waals surface area contributed by atoms with Crippen LogP contribution in [0.3, 0.4) is 0 Å². The molecule has 2 fully saturated rings. The van der Waals surface area contributed by atoms with Gasteiger partial charge in [0, 0.05) is 12.6 Å². The molecule has 94 valence electrons. The highest BCUT2D eigenvalue weighted by molar-refractivity contribution is 4.89. The zero-order chi connectivity index (χ0) is 11.6. The van der Waals surface area contributed by atoms with Crippen molar-refractivity contribution in [2.75, 3.05) is 19.6 Å². The first-order valence-corrected chi connectivity index (χ1v) is 6.74. The average molecular weight is 228 g/mol. The van der Waals surface area contributed by atoms with Crippen LogP contribution in [0.2, 0.25) is 0 Å². The molecule has 1 saturated heterocycles. The summed E-state index contributed by atoms with van der Waals surface area (Å²) in [6, 6.07) is 0.346. The molecule has 3 heteroatoms. The molecule has 2 aliphatic rings. The van der Waals surface area contributed by atoms with Gasteiger partial charge in [0.25, 0.3) is 0 Å². The number of hydrogen-bond acceptors (Lipinski definition) is 2. The van der Waals surface area contributed by atoms with Gasteiger partial charge in [0.1, 0.15) is 5.67 Å². The lowest BCUT2D eigenvalue weighted by molar-refractivity contribution is 0.0344. The maximum atomic E-state index is 14.6. The zero-order valence-corrected chi connectivity index (χ0v) is 10.4. The topological polar surface area (TPSA) is 29.3 Å². The fourth-order valence-corrected chi connectivity index (χ4v) is 2.95. The van der Waals surface area contributed by atoms with E-state index in [0.717, 1.165) is 57.5 Å². The van der Waals surface area contributed by atoms with Crippen molar-refractivity contribution in [3.63, 3.8) is 0 Å².